The first kappa shape index (κ1) is 8.23. The highest BCUT2D eigenvalue weighted by Crippen LogP contribution is 2.34. The summed E-state index contributed by atoms with van der Waals surface area (Å²) in [5.74, 6) is 1.04. The van der Waals surface area contributed by atoms with Gasteiger partial charge in [0, 0.05) is 0 Å². The molecule has 0 amide bonds. The zero-order valence-corrected chi connectivity index (χ0v) is 7.77. The van der Waals surface area contributed by atoms with Crippen LogP contribution in [-0.2, 0) is 0 Å². The highest BCUT2D eigenvalue weighted by Gasteiger charge is 2.24. The first-order valence-corrected chi connectivity index (χ1v) is 4.56. The van der Waals surface area contributed by atoms with E-state index in [-0.39, 0.29) is 12.4 Å². The van der Waals surface area contributed by atoms with Gasteiger partial charge in [0.2, 0.25) is 5.78 Å². The van der Waals surface area contributed by atoms with Gasteiger partial charge in [-0.3, -0.25) is 4.79 Å². The van der Waals surface area contributed by atoms with Crippen LogP contribution in [0.3, 0.4) is 0 Å². The standard InChI is InChI=1S/C11H7NO3/c13-9-6-14-10-4-2-1-3-7(10)11-8(9)5-12-15-11/h1-5H,6H2. The smallest absolute Gasteiger partial charge is 0.205 e. The number of aromatic nitrogens is 1. The molecule has 2 aromatic rings. The Kier molecular flexibility index (Phi) is 1.62. The van der Waals surface area contributed by atoms with Crippen molar-refractivity contribution in [2.45, 2.75) is 0 Å². The molecule has 4 nitrogen and oxygen atoms in total. The summed E-state index contributed by atoms with van der Waals surface area (Å²) >= 11 is 0. The van der Waals surface area contributed by atoms with E-state index in [4.69, 9.17) is 9.26 Å². The number of fused-ring (bicyclic) bond motifs is 3. The van der Waals surface area contributed by atoms with E-state index in [0.29, 0.717) is 17.1 Å². The number of carbonyl (C=O) groups is 1. The number of benzene rings is 1. The minimum Gasteiger partial charge on any atom is -0.485 e. The lowest BCUT2D eigenvalue weighted by molar-refractivity contribution is 0.0925. The van der Waals surface area contributed by atoms with Gasteiger partial charge in [-0.2, -0.15) is 0 Å². The highest BCUT2D eigenvalue weighted by atomic mass is 16.5. The number of Topliss-reactive ketones (excluding diaryl/α,β-unsaturated/α-hetero) is 1. The van der Waals surface area contributed by atoms with E-state index in [2.05, 4.69) is 5.16 Å². The van der Waals surface area contributed by atoms with E-state index in [1.165, 1.54) is 6.20 Å². The Morgan fingerprint density at radius 3 is 3.00 bits per heavy atom. The Morgan fingerprint density at radius 1 is 1.20 bits per heavy atom. The molecule has 1 aromatic heterocycles. The Morgan fingerprint density at radius 2 is 2.07 bits per heavy atom. The molecule has 1 aromatic carbocycles. The molecule has 0 aliphatic carbocycles. The lowest BCUT2D eigenvalue weighted by atomic mass is 10.1. The van der Waals surface area contributed by atoms with Crippen LogP contribution in [0.25, 0.3) is 11.3 Å². The van der Waals surface area contributed by atoms with Crippen molar-refractivity contribution in [3.05, 3.63) is 36.0 Å². The van der Waals surface area contributed by atoms with Crippen molar-refractivity contribution in [1.29, 1.82) is 0 Å². The Balaban J connectivity index is 2.31. The first-order valence-electron chi connectivity index (χ1n) is 4.56. The second-order valence-corrected chi connectivity index (χ2v) is 3.28. The Hall–Kier alpha value is -2.10. The van der Waals surface area contributed by atoms with Crippen LogP contribution in [0.4, 0.5) is 0 Å². The molecule has 4 heteroatoms. The fraction of sp³-hybridized carbons (Fsp3) is 0.0909. The number of para-hydroxylation sites is 1. The molecule has 0 bridgehead atoms. The molecular formula is C11H7NO3. The van der Waals surface area contributed by atoms with E-state index in [1.54, 1.807) is 6.07 Å². The maximum Gasteiger partial charge on any atom is 0.205 e. The first-order chi connectivity index (χ1) is 7.36. The predicted molar refractivity (Wildman–Crippen MR) is 51.8 cm³/mol. The minimum absolute atomic E-state index is 0.0330. The molecular weight excluding hydrogens is 194 g/mol. The summed E-state index contributed by atoms with van der Waals surface area (Å²) in [5.41, 5.74) is 1.26. The average Bonchev–Trinajstić information content (AvgIpc) is 2.71. The van der Waals surface area contributed by atoms with Crippen molar-refractivity contribution >= 4 is 5.78 Å². The third-order valence-corrected chi connectivity index (χ3v) is 2.36. The maximum absolute atomic E-state index is 11.6. The number of ketones is 1. The van der Waals surface area contributed by atoms with Crippen LogP contribution >= 0.6 is 0 Å². The topological polar surface area (TPSA) is 52.3 Å². The largest absolute Gasteiger partial charge is 0.485 e. The van der Waals surface area contributed by atoms with Crippen molar-refractivity contribution in [1.82, 2.24) is 5.16 Å². The number of hydrogen-bond acceptors (Lipinski definition) is 4. The quantitative estimate of drug-likeness (QED) is 0.653. The molecule has 15 heavy (non-hydrogen) atoms. The monoisotopic (exact) mass is 201 g/mol. The van der Waals surface area contributed by atoms with Crippen LogP contribution < -0.4 is 4.74 Å². The van der Waals surface area contributed by atoms with E-state index in [0.717, 1.165) is 5.56 Å². The number of ether oxygens (including phenoxy) is 1. The highest BCUT2D eigenvalue weighted by molar-refractivity contribution is 6.03. The maximum atomic E-state index is 11.6. The van der Waals surface area contributed by atoms with Gasteiger partial charge >= 0.3 is 0 Å². The second kappa shape index (κ2) is 2.95. The van der Waals surface area contributed by atoms with E-state index >= 15 is 0 Å². The van der Waals surface area contributed by atoms with Gasteiger partial charge in [0.25, 0.3) is 0 Å². The second-order valence-electron chi connectivity index (χ2n) is 3.28. The van der Waals surface area contributed by atoms with Gasteiger partial charge in [0.15, 0.2) is 12.4 Å². The molecule has 0 spiro atoms. The molecule has 1 aliphatic rings. The predicted octanol–water partition coefficient (Wildman–Crippen LogP) is 1.92. The molecule has 1 aliphatic heterocycles. The minimum atomic E-state index is -0.109. The van der Waals surface area contributed by atoms with Crippen LogP contribution in [-0.4, -0.2) is 17.5 Å². The summed E-state index contributed by atoms with van der Waals surface area (Å²) in [4.78, 5) is 11.6. The Labute approximate surface area is 85.5 Å². The van der Waals surface area contributed by atoms with Gasteiger partial charge in [-0.1, -0.05) is 17.3 Å². The normalized spacial score (nSPS) is 13.7. The molecule has 0 unspecified atom stereocenters. The summed E-state index contributed by atoms with van der Waals surface area (Å²) in [5, 5.41) is 3.64. The molecule has 2 heterocycles. The zero-order valence-electron chi connectivity index (χ0n) is 7.77. The van der Waals surface area contributed by atoms with Crippen molar-refractivity contribution in [3.63, 3.8) is 0 Å². The number of nitrogens with zero attached hydrogens (tertiary/aromatic N) is 1. The van der Waals surface area contributed by atoms with Crippen LogP contribution in [0, 0.1) is 0 Å². The zero-order chi connectivity index (χ0) is 10.3. The van der Waals surface area contributed by atoms with E-state index < -0.39 is 0 Å². The summed E-state index contributed by atoms with van der Waals surface area (Å²) in [6, 6.07) is 7.37. The Bertz CT molecular complexity index is 530. The van der Waals surface area contributed by atoms with E-state index in [9.17, 15) is 4.79 Å². The van der Waals surface area contributed by atoms with Crippen LogP contribution in [0.1, 0.15) is 10.4 Å². The molecule has 74 valence electrons. The van der Waals surface area contributed by atoms with Gasteiger partial charge in [0.05, 0.1) is 17.3 Å². The van der Waals surface area contributed by atoms with Crippen LogP contribution in [0.2, 0.25) is 0 Å². The van der Waals surface area contributed by atoms with E-state index in [1.807, 2.05) is 18.2 Å². The van der Waals surface area contributed by atoms with Crippen molar-refractivity contribution in [2.75, 3.05) is 6.61 Å². The fourth-order valence-corrected chi connectivity index (χ4v) is 1.63. The van der Waals surface area contributed by atoms with Crippen LogP contribution in [0.5, 0.6) is 5.75 Å². The van der Waals surface area contributed by atoms with Crippen LogP contribution in [0.15, 0.2) is 35.0 Å². The molecule has 0 saturated carbocycles. The lowest BCUT2D eigenvalue weighted by Gasteiger charge is -2.03. The molecule has 0 fully saturated rings. The molecule has 0 atom stereocenters. The molecule has 0 radical (unpaired) electrons. The summed E-state index contributed by atoms with van der Waals surface area (Å²) < 4.78 is 10.4. The van der Waals surface area contributed by atoms with Crippen molar-refractivity contribution in [2.24, 2.45) is 0 Å². The number of carbonyl (C=O) groups excluding carboxylic acids is 1. The van der Waals surface area contributed by atoms with Gasteiger partial charge in [0.1, 0.15) is 5.75 Å². The molecule has 3 rings (SSSR count). The molecule has 0 N–H and O–H groups in total. The SMILES string of the molecule is O=C1COc2ccccc2-c2oncc21. The lowest BCUT2D eigenvalue weighted by Crippen LogP contribution is -2.08. The van der Waals surface area contributed by atoms with Crippen molar-refractivity contribution < 1.29 is 14.1 Å². The number of hydrogen-bond donors (Lipinski definition) is 0. The van der Waals surface area contributed by atoms with Gasteiger partial charge in [-0.05, 0) is 12.1 Å². The van der Waals surface area contributed by atoms with Gasteiger partial charge in [-0.25, -0.2) is 0 Å². The average molecular weight is 201 g/mol. The summed E-state index contributed by atoms with van der Waals surface area (Å²) in [6.07, 6.45) is 1.43. The summed E-state index contributed by atoms with van der Waals surface area (Å²) in [6.45, 7) is 0.0330. The fourth-order valence-electron chi connectivity index (χ4n) is 1.63. The third kappa shape index (κ3) is 1.15. The number of rotatable bonds is 0. The van der Waals surface area contributed by atoms with Gasteiger partial charge in [-0.15, -0.1) is 0 Å². The third-order valence-electron chi connectivity index (χ3n) is 2.36. The van der Waals surface area contributed by atoms with Crippen molar-refractivity contribution in [3.8, 4) is 17.1 Å². The van der Waals surface area contributed by atoms with Gasteiger partial charge < -0.3 is 9.26 Å². The summed E-state index contributed by atoms with van der Waals surface area (Å²) in [7, 11) is 0. The molecule has 0 saturated heterocycles.